The first-order valence-corrected chi connectivity index (χ1v) is 11.7. The molecule has 0 spiro atoms. The van der Waals surface area contributed by atoms with Crippen molar-refractivity contribution in [2.45, 2.75) is 20.3 Å². The summed E-state index contributed by atoms with van der Waals surface area (Å²) in [5.41, 5.74) is 3.56. The van der Waals surface area contributed by atoms with Gasteiger partial charge in [0.05, 0.1) is 19.5 Å². The molecule has 1 amide bonds. The smallest absolute Gasteiger partial charge is 0.232 e. The van der Waals surface area contributed by atoms with Crippen LogP contribution in [-0.4, -0.2) is 62.2 Å². The number of carbonyl (C=O) groups is 1. The van der Waals surface area contributed by atoms with Crippen molar-refractivity contribution in [2.24, 2.45) is 0 Å². The van der Waals surface area contributed by atoms with Gasteiger partial charge in [0.25, 0.3) is 0 Å². The molecule has 1 fully saturated rings. The van der Waals surface area contributed by atoms with Crippen LogP contribution in [0, 0.1) is 13.8 Å². The van der Waals surface area contributed by atoms with Crippen LogP contribution in [0.5, 0.6) is 11.5 Å². The van der Waals surface area contributed by atoms with E-state index in [0.29, 0.717) is 12.4 Å². The van der Waals surface area contributed by atoms with E-state index in [9.17, 15) is 4.79 Å². The van der Waals surface area contributed by atoms with E-state index in [0.717, 1.165) is 55.4 Å². The minimum Gasteiger partial charge on any atom is -0.497 e. The van der Waals surface area contributed by atoms with Gasteiger partial charge < -0.3 is 19.3 Å². The first kappa shape index (κ1) is 22.3. The molecule has 2 aromatic carbocycles. The molecule has 3 rings (SSSR count). The lowest BCUT2D eigenvalue weighted by atomic mass is 10.1. The Morgan fingerprint density at radius 3 is 2.47 bits per heavy atom. The Hall–Kier alpha value is -2.34. The molecule has 162 valence electrons. The number of methoxy groups -OCH3 is 1. The zero-order valence-electron chi connectivity index (χ0n) is 18.2. The molecule has 2 aromatic rings. The van der Waals surface area contributed by atoms with E-state index in [2.05, 4.69) is 49.1 Å². The van der Waals surface area contributed by atoms with Gasteiger partial charge in [0.1, 0.15) is 11.5 Å². The summed E-state index contributed by atoms with van der Waals surface area (Å²) in [5, 5.41) is 0. The van der Waals surface area contributed by atoms with Crippen molar-refractivity contribution in [3.05, 3.63) is 53.6 Å². The topological polar surface area (TPSA) is 42.0 Å². The van der Waals surface area contributed by atoms with Crippen molar-refractivity contribution in [3.8, 4) is 11.5 Å². The second-order valence-corrected chi connectivity index (χ2v) is 8.69. The second-order valence-electron chi connectivity index (χ2n) is 7.59. The van der Waals surface area contributed by atoms with Crippen molar-refractivity contribution < 1.29 is 14.3 Å². The maximum absolute atomic E-state index is 12.5. The first-order chi connectivity index (χ1) is 14.6. The fraction of sp³-hybridized carbons (Fsp3) is 0.458. The third-order valence-electron chi connectivity index (χ3n) is 5.33. The van der Waals surface area contributed by atoms with Gasteiger partial charge in [0, 0.05) is 31.9 Å². The average molecular weight is 429 g/mol. The average Bonchev–Trinajstić information content (AvgIpc) is 2.78. The number of nitrogens with zero attached hydrogens (tertiary/aromatic N) is 2. The highest BCUT2D eigenvalue weighted by atomic mass is 32.2. The van der Waals surface area contributed by atoms with E-state index in [1.165, 1.54) is 11.3 Å². The first-order valence-electron chi connectivity index (χ1n) is 10.5. The van der Waals surface area contributed by atoms with Gasteiger partial charge in [-0.2, -0.15) is 11.8 Å². The highest BCUT2D eigenvalue weighted by Gasteiger charge is 2.21. The third-order valence-corrected chi connectivity index (χ3v) is 6.36. The van der Waals surface area contributed by atoms with Crippen LogP contribution in [0.4, 0.5) is 5.69 Å². The van der Waals surface area contributed by atoms with Gasteiger partial charge in [0.2, 0.25) is 5.91 Å². The number of anilines is 1. The summed E-state index contributed by atoms with van der Waals surface area (Å²) >= 11 is 1.70. The van der Waals surface area contributed by atoms with Crippen molar-refractivity contribution >= 4 is 23.4 Å². The number of hydrogen-bond donors (Lipinski definition) is 0. The summed E-state index contributed by atoms with van der Waals surface area (Å²) in [6.45, 7) is 8.12. The summed E-state index contributed by atoms with van der Waals surface area (Å²) in [6, 6.07) is 14.4. The van der Waals surface area contributed by atoms with Crippen molar-refractivity contribution in [3.63, 3.8) is 0 Å². The molecule has 0 bridgehead atoms. The fourth-order valence-electron chi connectivity index (χ4n) is 3.46. The van der Waals surface area contributed by atoms with Crippen LogP contribution in [0.2, 0.25) is 0 Å². The SMILES string of the molecule is COc1ccc(N2CCN(C(=O)CSCCCOc3cc(C)ccc3C)CC2)cc1. The molecule has 0 radical (unpaired) electrons. The maximum atomic E-state index is 12.5. The lowest BCUT2D eigenvalue weighted by molar-refractivity contribution is -0.128. The number of ether oxygens (including phenoxy) is 2. The Morgan fingerprint density at radius 1 is 1.03 bits per heavy atom. The molecule has 5 nitrogen and oxygen atoms in total. The molecule has 30 heavy (non-hydrogen) atoms. The molecule has 1 aliphatic rings. The van der Waals surface area contributed by atoms with Crippen molar-refractivity contribution in [1.82, 2.24) is 4.90 Å². The number of amides is 1. The van der Waals surface area contributed by atoms with Crippen LogP contribution in [0.25, 0.3) is 0 Å². The molecule has 0 saturated carbocycles. The molecule has 6 heteroatoms. The van der Waals surface area contributed by atoms with E-state index in [1.807, 2.05) is 17.0 Å². The predicted octanol–water partition coefficient (Wildman–Crippen LogP) is 4.16. The van der Waals surface area contributed by atoms with Crippen molar-refractivity contribution in [1.29, 1.82) is 0 Å². The van der Waals surface area contributed by atoms with Crippen LogP contribution < -0.4 is 14.4 Å². The third kappa shape index (κ3) is 6.33. The molecule has 1 saturated heterocycles. The molecule has 1 heterocycles. The highest BCUT2D eigenvalue weighted by Crippen LogP contribution is 2.21. The number of rotatable bonds is 9. The summed E-state index contributed by atoms with van der Waals surface area (Å²) < 4.78 is 11.1. The molecular weight excluding hydrogens is 396 g/mol. The number of hydrogen-bond acceptors (Lipinski definition) is 5. The molecule has 0 N–H and O–H groups in total. The van der Waals surface area contributed by atoms with Gasteiger partial charge in [-0.15, -0.1) is 0 Å². The lowest BCUT2D eigenvalue weighted by Crippen LogP contribution is -2.49. The van der Waals surface area contributed by atoms with E-state index in [-0.39, 0.29) is 5.91 Å². The molecule has 0 aromatic heterocycles. The van der Waals surface area contributed by atoms with E-state index < -0.39 is 0 Å². The minimum absolute atomic E-state index is 0.241. The Kier molecular flexibility index (Phi) is 8.31. The van der Waals surface area contributed by atoms with Gasteiger partial charge in [-0.05, 0) is 67.5 Å². The monoisotopic (exact) mass is 428 g/mol. The Balaban J connectivity index is 1.30. The van der Waals surface area contributed by atoms with Crippen molar-refractivity contribution in [2.75, 3.05) is 56.3 Å². The van der Waals surface area contributed by atoms with Crippen LogP contribution in [0.15, 0.2) is 42.5 Å². The highest BCUT2D eigenvalue weighted by molar-refractivity contribution is 7.99. The molecular formula is C24H32N2O3S. The summed E-state index contributed by atoms with van der Waals surface area (Å²) in [6.07, 6.45) is 0.941. The normalized spacial score (nSPS) is 14.0. The van der Waals surface area contributed by atoms with E-state index >= 15 is 0 Å². The van der Waals surface area contributed by atoms with Gasteiger partial charge in [-0.3, -0.25) is 4.79 Å². The number of thioether (sulfide) groups is 1. The summed E-state index contributed by atoms with van der Waals surface area (Å²) in [7, 11) is 1.68. The quantitative estimate of drug-likeness (QED) is 0.561. The van der Waals surface area contributed by atoms with Gasteiger partial charge in [0.15, 0.2) is 0 Å². The number of aryl methyl sites for hydroxylation is 2. The van der Waals surface area contributed by atoms with Gasteiger partial charge in [-0.25, -0.2) is 0 Å². The Bertz CT molecular complexity index is 818. The molecule has 1 aliphatic heterocycles. The molecule has 0 unspecified atom stereocenters. The summed E-state index contributed by atoms with van der Waals surface area (Å²) in [4.78, 5) is 16.8. The van der Waals surface area contributed by atoms with E-state index in [4.69, 9.17) is 9.47 Å². The lowest BCUT2D eigenvalue weighted by Gasteiger charge is -2.36. The van der Waals surface area contributed by atoms with Crippen LogP contribution in [0.1, 0.15) is 17.5 Å². The zero-order chi connectivity index (χ0) is 21.3. The molecule has 0 atom stereocenters. The Morgan fingerprint density at radius 2 is 1.77 bits per heavy atom. The standard InChI is InChI=1S/C24H32N2O3S/c1-19-5-6-20(2)23(17-19)29-15-4-16-30-18-24(27)26-13-11-25(12-14-26)21-7-9-22(28-3)10-8-21/h5-10,17H,4,11-16,18H2,1-3H3. The van der Waals surface area contributed by atoms with Gasteiger partial charge >= 0.3 is 0 Å². The fourth-order valence-corrected chi connectivity index (χ4v) is 4.29. The Labute approximate surface area is 184 Å². The number of carbonyl (C=O) groups excluding carboxylic acids is 1. The molecule has 0 aliphatic carbocycles. The van der Waals surface area contributed by atoms with Crippen LogP contribution in [-0.2, 0) is 4.79 Å². The van der Waals surface area contributed by atoms with Crippen LogP contribution in [0.3, 0.4) is 0 Å². The number of piperazine rings is 1. The number of benzene rings is 2. The second kappa shape index (κ2) is 11.2. The van der Waals surface area contributed by atoms with Crippen LogP contribution >= 0.6 is 11.8 Å². The maximum Gasteiger partial charge on any atom is 0.232 e. The zero-order valence-corrected chi connectivity index (χ0v) is 19.0. The summed E-state index contributed by atoms with van der Waals surface area (Å²) in [5.74, 6) is 3.55. The van der Waals surface area contributed by atoms with Gasteiger partial charge in [-0.1, -0.05) is 12.1 Å². The van der Waals surface area contributed by atoms with E-state index in [1.54, 1.807) is 18.9 Å². The largest absolute Gasteiger partial charge is 0.497 e. The minimum atomic E-state index is 0.241. The predicted molar refractivity (Wildman–Crippen MR) is 125 cm³/mol.